The molecule has 0 radical (unpaired) electrons. The van der Waals surface area contributed by atoms with Gasteiger partial charge in [-0.1, -0.05) is 23.5 Å². The van der Waals surface area contributed by atoms with Crippen molar-refractivity contribution in [2.24, 2.45) is 17.8 Å². The number of fused-ring (bicyclic) bond motifs is 6. The van der Waals surface area contributed by atoms with Crippen LogP contribution in [0.1, 0.15) is 49.5 Å². The number of nitrogens with zero attached hydrogens (tertiary/aromatic N) is 1. The zero-order valence-electron chi connectivity index (χ0n) is 15.4. The Labute approximate surface area is 163 Å². The molecule has 2 aliphatic carbocycles. The fraction of sp³-hybridized carbons (Fsp3) is 0.571. The average molecular weight is 387 g/mol. The minimum Gasteiger partial charge on any atom is -0.372 e. The summed E-state index contributed by atoms with van der Waals surface area (Å²) in [5.74, 6) is 2.80. The molecule has 0 amide bonds. The number of aromatic amines is 1. The van der Waals surface area contributed by atoms with Crippen LogP contribution in [0.25, 0.3) is 0 Å². The number of nitrogens with one attached hydrogen (secondary N) is 1. The number of benzene rings is 1. The molecule has 0 saturated heterocycles. The minimum absolute atomic E-state index is 0.111. The number of anilines is 1. The number of hydrogen-bond donors (Lipinski definition) is 1. The zero-order valence-corrected chi connectivity index (χ0v) is 17.0. The monoisotopic (exact) mass is 386 g/mol. The lowest BCUT2D eigenvalue weighted by Crippen LogP contribution is -2.33. The molecule has 26 heavy (non-hydrogen) atoms. The van der Waals surface area contributed by atoms with E-state index in [9.17, 15) is 4.79 Å². The maximum Gasteiger partial charge on any atom is 0.305 e. The highest BCUT2D eigenvalue weighted by Gasteiger charge is 2.54. The number of thioether (sulfide) groups is 1. The molecule has 2 fully saturated rings. The van der Waals surface area contributed by atoms with E-state index in [1.165, 1.54) is 46.7 Å². The van der Waals surface area contributed by atoms with Crippen molar-refractivity contribution in [3.8, 4) is 0 Å². The van der Waals surface area contributed by atoms with Crippen LogP contribution in [0.2, 0.25) is 0 Å². The number of rotatable bonds is 4. The molecule has 1 N–H and O–H groups in total. The molecule has 1 aromatic heterocycles. The maximum absolute atomic E-state index is 12.1. The van der Waals surface area contributed by atoms with E-state index in [0.29, 0.717) is 17.1 Å². The zero-order chi connectivity index (χ0) is 17.8. The molecule has 138 valence electrons. The van der Waals surface area contributed by atoms with Gasteiger partial charge in [-0.2, -0.15) is 0 Å². The fourth-order valence-corrected chi connectivity index (χ4v) is 8.60. The number of thiazole rings is 1. The topological polar surface area (TPSA) is 36.1 Å². The molecular formula is C21H26N2OS2. The Morgan fingerprint density at radius 1 is 1.12 bits per heavy atom. The Balaban J connectivity index is 1.56. The molecule has 5 atom stereocenters. The molecule has 0 spiro atoms. The van der Waals surface area contributed by atoms with Crippen LogP contribution in [0.15, 0.2) is 34.1 Å². The number of aromatic nitrogens is 1. The van der Waals surface area contributed by atoms with E-state index in [2.05, 4.69) is 48.0 Å². The van der Waals surface area contributed by atoms with Gasteiger partial charge in [-0.05, 0) is 68.6 Å². The largest absolute Gasteiger partial charge is 0.372 e. The first-order valence-corrected chi connectivity index (χ1v) is 11.6. The fourth-order valence-electron chi connectivity index (χ4n) is 5.70. The van der Waals surface area contributed by atoms with Gasteiger partial charge in [-0.3, -0.25) is 4.79 Å². The van der Waals surface area contributed by atoms with Crippen LogP contribution in [0.3, 0.4) is 0 Å². The van der Waals surface area contributed by atoms with Gasteiger partial charge >= 0.3 is 4.87 Å². The molecule has 2 heterocycles. The van der Waals surface area contributed by atoms with Crippen molar-refractivity contribution in [2.75, 3.05) is 18.0 Å². The van der Waals surface area contributed by atoms with Gasteiger partial charge in [0.2, 0.25) is 0 Å². The Kier molecular flexibility index (Phi) is 4.20. The Morgan fingerprint density at radius 2 is 1.85 bits per heavy atom. The van der Waals surface area contributed by atoms with Crippen LogP contribution in [-0.4, -0.2) is 23.3 Å². The van der Waals surface area contributed by atoms with Crippen LogP contribution < -0.4 is 9.77 Å². The van der Waals surface area contributed by atoms with Crippen molar-refractivity contribution in [1.82, 2.24) is 4.98 Å². The van der Waals surface area contributed by atoms with E-state index in [-0.39, 0.29) is 4.87 Å². The summed E-state index contributed by atoms with van der Waals surface area (Å²) in [6.07, 6.45) is 4.17. The van der Waals surface area contributed by atoms with Gasteiger partial charge in [0.25, 0.3) is 0 Å². The molecule has 2 bridgehead atoms. The SMILES string of the molecule is CCN(CC)c1ccc([C@H]2c3sc(=O)[nH]c3S[C@@H]3[C@@H]4CC[C@H](C4)[C@H]23)cc1. The van der Waals surface area contributed by atoms with E-state index in [1.54, 1.807) is 0 Å². The first-order valence-electron chi connectivity index (χ1n) is 9.94. The Hall–Kier alpha value is -1.20. The Morgan fingerprint density at radius 3 is 2.58 bits per heavy atom. The summed E-state index contributed by atoms with van der Waals surface area (Å²) in [7, 11) is 0. The minimum atomic E-state index is 0.111. The number of hydrogen-bond acceptors (Lipinski definition) is 4. The van der Waals surface area contributed by atoms with Gasteiger partial charge in [-0.25, -0.2) is 0 Å². The first kappa shape index (κ1) is 16.9. The molecular weight excluding hydrogens is 360 g/mol. The van der Waals surface area contributed by atoms with Crippen molar-refractivity contribution in [3.05, 3.63) is 44.4 Å². The van der Waals surface area contributed by atoms with Crippen molar-refractivity contribution in [2.45, 2.75) is 49.3 Å². The van der Waals surface area contributed by atoms with E-state index in [0.717, 1.165) is 30.0 Å². The third-order valence-electron chi connectivity index (χ3n) is 6.85. The standard InChI is InChI=1S/C21H26N2OS2/c1-3-23(4-2)15-9-7-12(8-10-15)16-17-13-5-6-14(11-13)18(17)25-20-19(16)26-21(24)22-20/h7-10,13-14,16-18H,3-6,11H2,1-2H3,(H,22,24)/t13-,14-,16-,17-,18-/m1/s1. The van der Waals surface area contributed by atoms with Gasteiger partial charge < -0.3 is 9.88 Å². The molecule has 1 aliphatic heterocycles. The molecule has 1 aromatic carbocycles. The van der Waals surface area contributed by atoms with E-state index < -0.39 is 0 Å². The number of H-pyrrole nitrogens is 1. The molecule has 2 saturated carbocycles. The quantitative estimate of drug-likeness (QED) is 0.809. The van der Waals surface area contributed by atoms with E-state index in [1.807, 2.05) is 11.8 Å². The highest BCUT2D eigenvalue weighted by molar-refractivity contribution is 8.00. The lowest BCUT2D eigenvalue weighted by molar-refractivity contribution is 0.307. The van der Waals surface area contributed by atoms with Crippen molar-refractivity contribution >= 4 is 28.8 Å². The Bertz CT molecular complexity index is 852. The molecule has 3 aliphatic rings. The van der Waals surface area contributed by atoms with Gasteiger partial charge in [0, 0.05) is 34.8 Å². The second-order valence-corrected chi connectivity index (χ2v) is 10.1. The van der Waals surface area contributed by atoms with Crippen LogP contribution in [0, 0.1) is 17.8 Å². The molecule has 3 nitrogen and oxygen atoms in total. The first-order chi connectivity index (χ1) is 12.7. The van der Waals surface area contributed by atoms with Crippen molar-refractivity contribution < 1.29 is 0 Å². The van der Waals surface area contributed by atoms with Crippen LogP contribution in [-0.2, 0) is 0 Å². The summed E-state index contributed by atoms with van der Waals surface area (Å²) in [5, 5.41) is 1.85. The maximum atomic E-state index is 12.1. The summed E-state index contributed by atoms with van der Waals surface area (Å²) in [6, 6.07) is 9.21. The summed E-state index contributed by atoms with van der Waals surface area (Å²) in [6.45, 7) is 6.49. The lowest BCUT2D eigenvalue weighted by Gasteiger charge is -2.40. The summed E-state index contributed by atoms with van der Waals surface area (Å²) in [4.78, 5) is 19.0. The third-order valence-corrected chi connectivity index (χ3v) is 9.47. The molecule has 5 heteroatoms. The molecule has 5 rings (SSSR count). The second-order valence-electron chi connectivity index (χ2n) is 7.94. The highest BCUT2D eigenvalue weighted by atomic mass is 32.2. The van der Waals surface area contributed by atoms with Crippen LogP contribution >= 0.6 is 23.1 Å². The van der Waals surface area contributed by atoms with E-state index >= 15 is 0 Å². The molecule has 2 aromatic rings. The predicted octanol–water partition coefficient (Wildman–Crippen LogP) is 4.93. The van der Waals surface area contributed by atoms with Gasteiger partial charge in [0.05, 0.1) is 5.03 Å². The summed E-state index contributed by atoms with van der Waals surface area (Å²) < 4.78 is 0. The smallest absolute Gasteiger partial charge is 0.305 e. The second kappa shape index (κ2) is 6.45. The predicted molar refractivity (Wildman–Crippen MR) is 111 cm³/mol. The highest BCUT2D eigenvalue weighted by Crippen LogP contribution is 2.63. The van der Waals surface area contributed by atoms with Crippen molar-refractivity contribution in [1.29, 1.82) is 0 Å². The van der Waals surface area contributed by atoms with Gasteiger partial charge in [0.15, 0.2) is 0 Å². The van der Waals surface area contributed by atoms with Crippen LogP contribution in [0.4, 0.5) is 5.69 Å². The summed E-state index contributed by atoms with van der Waals surface area (Å²) >= 11 is 3.42. The van der Waals surface area contributed by atoms with Crippen LogP contribution in [0.5, 0.6) is 0 Å². The van der Waals surface area contributed by atoms with Crippen molar-refractivity contribution in [3.63, 3.8) is 0 Å². The summed E-state index contributed by atoms with van der Waals surface area (Å²) in [5.41, 5.74) is 2.70. The normalized spacial score (nSPS) is 31.7. The van der Waals surface area contributed by atoms with Gasteiger partial charge in [0.1, 0.15) is 0 Å². The molecule has 0 unspecified atom stereocenters. The van der Waals surface area contributed by atoms with E-state index in [4.69, 9.17) is 0 Å². The third kappa shape index (κ3) is 2.50. The lowest BCUT2D eigenvalue weighted by atomic mass is 9.75. The van der Waals surface area contributed by atoms with Gasteiger partial charge in [-0.15, -0.1) is 11.8 Å². The average Bonchev–Trinajstić information content (AvgIpc) is 3.35.